The van der Waals surface area contributed by atoms with Crippen molar-refractivity contribution >= 4 is 23.2 Å². The normalized spacial score (nSPS) is 10.8. The second-order valence-electron chi connectivity index (χ2n) is 6.43. The third-order valence-corrected chi connectivity index (χ3v) is 8.86. The Morgan fingerprint density at radius 2 is 1.04 bits per heavy atom. The summed E-state index contributed by atoms with van der Waals surface area (Å²) in [5.74, 6) is 6.98. The molecule has 0 atom stereocenters. The van der Waals surface area contributed by atoms with Gasteiger partial charge < -0.3 is 0 Å². The van der Waals surface area contributed by atoms with Crippen LogP contribution in [0, 0.1) is 11.8 Å². The fourth-order valence-corrected chi connectivity index (χ4v) is 7.13. The van der Waals surface area contributed by atoms with Crippen molar-refractivity contribution in [2.24, 2.45) is 0 Å². The fourth-order valence-electron chi connectivity index (χ4n) is 3.30. The Morgan fingerprint density at radius 1 is 0.615 bits per heavy atom. The largest absolute Gasteiger partial charge is 0.133 e. The second kappa shape index (κ2) is 9.38. The molecule has 0 aliphatic carbocycles. The molecule has 0 aliphatic heterocycles. The van der Waals surface area contributed by atoms with Crippen molar-refractivity contribution in [2.45, 2.75) is 26.2 Å². The van der Waals surface area contributed by atoms with Crippen LogP contribution < -0.4 is 15.9 Å². The summed E-state index contributed by atoms with van der Waals surface area (Å²) >= 11 is 0. The van der Waals surface area contributed by atoms with Crippen molar-refractivity contribution in [1.82, 2.24) is 0 Å². The van der Waals surface area contributed by atoms with Gasteiger partial charge in [-0.2, -0.15) is 0 Å². The van der Waals surface area contributed by atoms with Gasteiger partial charge in [-0.3, -0.25) is 0 Å². The molecule has 3 rings (SSSR count). The molecular weight excluding hydrogens is 331 g/mol. The van der Waals surface area contributed by atoms with Gasteiger partial charge in [-0.15, -0.1) is 0 Å². The Balaban J connectivity index is 2.16. The highest BCUT2D eigenvalue weighted by molar-refractivity contribution is 7.95. The van der Waals surface area contributed by atoms with E-state index in [9.17, 15) is 0 Å². The van der Waals surface area contributed by atoms with Gasteiger partial charge in [-0.1, -0.05) is 79.8 Å². The van der Waals surface area contributed by atoms with E-state index in [1.54, 1.807) is 0 Å². The Morgan fingerprint density at radius 3 is 1.42 bits per heavy atom. The smallest absolute Gasteiger partial charge is 0.0995 e. The second-order valence-corrected chi connectivity index (χ2v) is 9.92. The first-order valence-electron chi connectivity index (χ1n) is 9.38. The minimum absolute atomic E-state index is 0.898. The van der Waals surface area contributed by atoms with Crippen LogP contribution in [0.4, 0.5) is 0 Å². The minimum Gasteiger partial charge on any atom is -0.0995 e. The van der Waals surface area contributed by atoms with Crippen LogP contribution >= 0.6 is 7.26 Å². The molecule has 0 aromatic heterocycles. The van der Waals surface area contributed by atoms with E-state index in [2.05, 4.69) is 110 Å². The first kappa shape index (κ1) is 18.4. The van der Waals surface area contributed by atoms with E-state index in [0.29, 0.717) is 0 Å². The standard InChI is InChI=1S/C25H26P/c1-2-3-4-5-15-22-26(23-16-9-6-10-17-23,24-18-11-7-12-19-24)25-20-13-8-14-21-25/h6-14,16-21H,2-4,22H2,1H3/q+1. The lowest BCUT2D eigenvalue weighted by Crippen LogP contribution is -2.33. The fraction of sp³-hybridized carbons (Fsp3) is 0.200. The molecule has 0 amide bonds. The molecule has 0 bridgehead atoms. The van der Waals surface area contributed by atoms with Crippen molar-refractivity contribution in [3.05, 3.63) is 91.0 Å². The maximum atomic E-state index is 3.56. The topological polar surface area (TPSA) is 0 Å². The van der Waals surface area contributed by atoms with Gasteiger partial charge in [-0.25, -0.2) is 0 Å². The Labute approximate surface area is 158 Å². The predicted molar refractivity (Wildman–Crippen MR) is 117 cm³/mol. The van der Waals surface area contributed by atoms with E-state index in [4.69, 9.17) is 0 Å². The van der Waals surface area contributed by atoms with Gasteiger partial charge in [0, 0.05) is 6.42 Å². The molecule has 3 aromatic carbocycles. The van der Waals surface area contributed by atoms with Gasteiger partial charge in [0.25, 0.3) is 0 Å². The Bertz CT molecular complexity index is 746. The van der Waals surface area contributed by atoms with Crippen LogP contribution in [0.5, 0.6) is 0 Å². The van der Waals surface area contributed by atoms with Crippen LogP contribution in [0.1, 0.15) is 26.2 Å². The van der Waals surface area contributed by atoms with Crippen LogP contribution in [0.25, 0.3) is 0 Å². The number of hydrogen-bond acceptors (Lipinski definition) is 0. The third kappa shape index (κ3) is 4.07. The molecule has 1 heteroatoms. The summed E-state index contributed by atoms with van der Waals surface area (Å²) < 4.78 is 0. The lowest BCUT2D eigenvalue weighted by molar-refractivity contribution is 0.828. The predicted octanol–water partition coefficient (Wildman–Crippen LogP) is 5.17. The van der Waals surface area contributed by atoms with Crippen LogP contribution in [-0.4, -0.2) is 6.16 Å². The van der Waals surface area contributed by atoms with Gasteiger partial charge in [-0.05, 0) is 42.8 Å². The highest BCUT2D eigenvalue weighted by Crippen LogP contribution is 2.54. The first-order valence-corrected chi connectivity index (χ1v) is 11.4. The zero-order valence-electron chi connectivity index (χ0n) is 15.4. The number of hydrogen-bond donors (Lipinski definition) is 0. The Kier molecular flexibility index (Phi) is 6.65. The number of benzene rings is 3. The van der Waals surface area contributed by atoms with Gasteiger partial charge in [0.2, 0.25) is 0 Å². The summed E-state index contributed by atoms with van der Waals surface area (Å²) in [5, 5.41) is 4.21. The van der Waals surface area contributed by atoms with E-state index in [1.807, 2.05) is 0 Å². The number of rotatable bonds is 6. The summed E-state index contributed by atoms with van der Waals surface area (Å²) in [6.07, 6.45) is 4.27. The summed E-state index contributed by atoms with van der Waals surface area (Å²) in [6.45, 7) is 2.22. The molecule has 0 aliphatic rings. The molecule has 0 fully saturated rings. The molecule has 0 spiro atoms. The first-order chi connectivity index (χ1) is 12.9. The highest BCUT2D eigenvalue weighted by atomic mass is 31.2. The van der Waals surface area contributed by atoms with Crippen LogP contribution in [0.3, 0.4) is 0 Å². The highest BCUT2D eigenvalue weighted by Gasteiger charge is 2.44. The van der Waals surface area contributed by atoms with Crippen molar-refractivity contribution in [2.75, 3.05) is 6.16 Å². The molecule has 0 heterocycles. The number of unbranched alkanes of at least 4 members (excludes halogenated alkanes) is 2. The van der Waals surface area contributed by atoms with Crippen molar-refractivity contribution in [3.63, 3.8) is 0 Å². The molecule has 0 radical (unpaired) electrons. The van der Waals surface area contributed by atoms with Crippen LogP contribution in [0.2, 0.25) is 0 Å². The van der Waals surface area contributed by atoms with E-state index in [-0.39, 0.29) is 0 Å². The van der Waals surface area contributed by atoms with Crippen LogP contribution in [0.15, 0.2) is 91.0 Å². The molecule has 0 N–H and O–H groups in total. The maximum absolute atomic E-state index is 3.56. The van der Waals surface area contributed by atoms with E-state index >= 15 is 0 Å². The van der Waals surface area contributed by atoms with Crippen molar-refractivity contribution in [1.29, 1.82) is 0 Å². The van der Waals surface area contributed by atoms with Gasteiger partial charge in [0.05, 0.1) is 0 Å². The average molecular weight is 357 g/mol. The quantitative estimate of drug-likeness (QED) is 0.324. The molecule has 0 nitrogen and oxygen atoms in total. The van der Waals surface area contributed by atoms with Gasteiger partial charge >= 0.3 is 0 Å². The van der Waals surface area contributed by atoms with E-state index < -0.39 is 7.26 Å². The van der Waals surface area contributed by atoms with E-state index in [1.165, 1.54) is 28.8 Å². The molecule has 0 unspecified atom stereocenters. The maximum Gasteiger partial charge on any atom is 0.133 e. The molecule has 130 valence electrons. The zero-order valence-corrected chi connectivity index (χ0v) is 16.3. The minimum atomic E-state index is -1.78. The summed E-state index contributed by atoms with van der Waals surface area (Å²) in [6, 6.07) is 32.9. The average Bonchev–Trinajstić information content (AvgIpc) is 2.73. The van der Waals surface area contributed by atoms with Crippen molar-refractivity contribution < 1.29 is 0 Å². The van der Waals surface area contributed by atoms with Gasteiger partial charge in [0.15, 0.2) is 0 Å². The Hall–Kier alpha value is -2.35. The SMILES string of the molecule is CCCCC#CC[P+](c1ccccc1)(c1ccccc1)c1ccccc1. The lowest BCUT2D eigenvalue weighted by atomic mass is 10.3. The summed E-state index contributed by atoms with van der Waals surface area (Å²) in [4.78, 5) is 0. The zero-order chi connectivity index (χ0) is 18.1. The lowest BCUT2D eigenvalue weighted by Gasteiger charge is -2.25. The summed E-state index contributed by atoms with van der Waals surface area (Å²) in [7, 11) is -1.78. The molecule has 0 saturated carbocycles. The summed E-state index contributed by atoms with van der Waals surface area (Å²) in [5.41, 5.74) is 0. The third-order valence-electron chi connectivity index (χ3n) is 4.69. The van der Waals surface area contributed by atoms with Crippen molar-refractivity contribution in [3.8, 4) is 11.8 Å². The van der Waals surface area contributed by atoms with Crippen LogP contribution in [-0.2, 0) is 0 Å². The molecule has 26 heavy (non-hydrogen) atoms. The molecular formula is C25H26P+. The van der Waals surface area contributed by atoms with Gasteiger partial charge in [0.1, 0.15) is 29.3 Å². The molecule has 3 aromatic rings. The van der Waals surface area contributed by atoms with E-state index in [0.717, 1.165) is 12.6 Å². The molecule has 0 saturated heterocycles. The monoisotopic (exact) mass is 357 g/mol.